The third kappa shape index (κ3) is 21.3. The van der Waals surface area contributed by atoms with Gasteiger partial charge in [0.25, 0.3) is 5.91 Å². The molecular weight excluding hydrogens is 1190 g/mol. The van der Waals surface area contributed by atoms with Crippen LogP contribution in [0.3, 0.4) is 0 Å². The van der Waals surface area contributed by atoms with E-state index >= 15 is 0 Å². The molecule has 500 valence electrons. The lowest BCUT2D eigenvalue weighted by molar-refractivity contribution is -0.142. The van der Waals surface area contributed by atoms with E-state index < -0.39 is 120 Å². The van der Waals surface area contributed by atoms with E-state index in [1.54, 1.807) is 51.2 Å². The number of imidazole rings is 1. The number of nitrogens with one attached hydrogen (secondary N) is 12. The van der Waals surface area contributed by atoms with Crippen LogP contribution >= 0.6 is 0 Å². The van der Waals surface area contributed by atoms with Crippen molar-refractivity contribution >= 4 is 81.8 Å². The summed E-state index contributed by atoms with van der Waals surface area (Å²) in [6, 6.07) is 1.16. The zero-order valence-electron chi connectivity index (χ0n) is 52.6. The van der Waals surface area contributed by atoms with E-state index in [0.717, 1.165) is 0 Å². The van der Waals surface area contributed by atoms with Gasteiger partial charge in [-0.05, 0) is 100.0 Å². The molecule has 0 radical (unpaired) electrons. The highest BCUT2D eigenvalue weighted by molar-refractivity contribution is 6.00. The van der Waals surface area contributed by atoms with E-state index in [2.05, 4.69) is 73.1 Å². The average Bonchev–Trinajstić information content (AvgIpc) is 1.71. The molecular formula is C62H88N16O14. The number of fused-ring (bicyclic) bond motifs is 1. The zero-order chi connectivity index (χ0) is 67.2. The number of phenols is 1. The summed E-state index contributed by atoms with van der Waals surface area (Å²) in [5, 5.41) is 57.7. The quantitative estimate of drug-likeness (QED) is 0.0141. The largest absolute Gasteiger partial charge is 0.508 e. The Hall–Kier alpha value is -9.45. The number of aliphatic imine (C=N–C) groups is 1. The molecule has 4 heterocycles. The summed E-state index contributed by atoms with van der Waals surface area (Å²) < 4.78 is 0. The number of carbonyl (C=O) groups excluding carboxylic acids is 11. The number of carbonyl (C=O) groups is 11. The number of aromatic amines is 2. The topological polar surface area (TPSA) is 455 Å². The Morgan fingerprint density at radius 3 is 1.85 bits per heavy atom. The molecule has 6 rings (SSSR count). The number of likely N-dealkylation sites (N-methyl/N-ethyl adjacent to an activating group) is 1. The number of hydrogen-bond acceptors (Lipinski definition) is 16. The van der Waals surface area contributed by atoms with Gasteiger partial charge in [0, 0.05) is 74.3 Å². The smallest absolute Gasteiger partial charge is 0.255 e. The normalized spacial score (nSPS) is 17.4. The van der Waals surface area contributed by atoms with Gasteiger partial charge in [-0.1, -0.05) is 58.0 Å². The monoisotopic (exact) mass is 1280 g/mol. The van der Waals surface area contributed by atoms with Crippen LogP contribution in [0.15, 0.2) is 72.2 Å². The first kappa shape index (κ1) is 71.6. The standard InChI is InChI=1S/C62H88N16O14/c1-7-65-60(91)50-15-11-23-78(50)61(92)43(14-10-22-66-62(63)77-52(83)35(6)80)70-54(85)44(24-33(2)3)71-55(86)45(25-34(4)5)72-56(87)46(26-36-16-18-39(81)19-17-36)73-59(90)49(31-79)76-57(88)47(27-37-29-67-41-13-9-8-12-40(37)41)74-58(89)48(28-38-30-64-32-68-38)75-53(84)42-20-21-51(82)69-42/h8-9,12-13,16-19,29-30,32-35,42-50,67,79-81H,7,10-11,14-15,20-28,31H2,1-6H3,(H,64,68)(H,65,91)(H,69,82)(H,70,85)(H,71,86)(H,72,87)(H,73,90)(H,74,89)(H,75,84)(H,76,88)(H3,63,66,77,83)/t35?,42?,43?,44-,45+,46-,47+,48+,49+,50-/m1/s1. The number of aliphatic hydroxyl groups excluding tert-OH is 2. The van der Waals surface area contributed by atoms with E-state index in [1.807, 2.05) is 13.8 Å². The maximum atomic E-state index is 14.7. The number of phenolic OH excluding ortho intramolecular Hbond substituents is 1. The Balaban J connectivity index is 1.22. The highest BCUT2D eigenvalue weighted by Gasteiger charge is 2.40. The Morgan fingerprint density at radius 1 is 0.696 bits per heavy atom. The van der Waals surface area contributed by atoms with Crippen molar-refractivity contribution in [3.63, 3.8) is 0 Å². The number of nitrogens with two attached hydrogens (primary N) is 1. The average molecular weight is 1280 g/mol. The molecule has 0 spiro atoms. The Labute approximate surface area is 532 Å². The van der Waals surface area contributed by atoms with E-state index in [-0.39, 0.29) is 106 Å². The highest BCUT2D eigenvalue weighted by Crippen LogP contribution is 2.22. The lowest BCUT2D eigenvalue weighted by Gasteiger charge is -2.31. The van der Waals surface area contributed by atoms with Crippen LogP contribution in [-0.4, -0.2) is 193 Å². The highest BCUT2D eigenvalue weighted by atomic mass is 16.3. The van der Waals surface area contributed by atoms with Crippen LogP contribution in [0.1, 0.15) is 110 Å². The molecule has 2 saturated heterocycles. The first-order valence-electron chi connectivity index (χ1n) is 31.0. The molecule has 92 heavy (non-hydrogen) atoms. The number of aromatic hydroxyl groups is 1. The van der Waals surface area contributed by atoms with Crippen molar-refractivity contribution in [3.8, 4) is 5.75 Å². The molecule has 3 unspecified atom stereocenters. The van der Waals surface area contributed by atoms with Gasteiger partial charge in [0.05, 0.1) is 12.9 Å². The molecule has 2 aromatic heterocycles. The van der Waals surface area contributed by atoms with Gasteiger partial charge in [-0.25, -0.2) is 4.98 Å². The number of guanidine groups is 1. The van der Waals surface area contributed by atoms with E-state index in [1.165, 1.54) is 48.6 Å². The summed E-state index contributed by atoms with van der Waals surface area (Å²) in [6.07, 6.45) is 3.95. The predicted octanol–water partition coefficient (Wildman–Crippen LogP) is -1.90. The summed E-state index contributed by atoms with van der Waals surface area (Å²) in [5.74, 6) is -8.83. The number of para-hydroxylation sites is 1. The Kier molecular flexibility index (Phi) is 27.0. The fraction of sp³-hybridized carbons (Fsp3) is 0.532. The van der Waals surface area contributed by atoms with Gasteiger partial charge in [-0.3, -0.25) is 63.0 Å². The van der Waals surface area contributed by atoms with Crippen LogP contribution in [0.2, 0.25) is 0 Å². The number of benzene rings is 2. The molecule has 17 N–H and O–H groups in total. The van der Waals surface area contributed by atoms with Crippen molar-refractivity contribution in [2.24, 2.45) is 22.6 Å². The number of hydrogen-bond donors (Lipinski definition) is 16. The van der Waals surface area contributed by atoms with Gasteiger partial charge in [0.2, 0.25) is 59.1 Å². The lowest BCUT2D eigenvalue weighted by Crippen LogP contribution is -2.61. The van der Waals surface area contributed by atoms with Crippen molar-refractivity contribution < 1.29 is 68.1 Å². The Morgan fingerprint density at radius 2 is 1.27 bits per heavy atom. The lowest BCUT2D eigenvalue weighted by atomic mass is 9.98. The number of amides is 11. The molecule has 30 nitrogen and oxygen atoms in total. The van der Waals surface area contributed by atoms with E-state index in [0.29, 0.717) is 47.1 Å². The molecule has 2 fully saturated rings. The maximum Gasteiger partial charge on any atom is 0.255 e. The molecule has 30 heteroatoms. The molecule has 0 saturated carbocycles. The summed E-state index contributed by atoms with van der Waals surface area (Å²) in [5.41, 5.74) is 8.00. The summed E-state index contributed by atoms with van der Waals surface area (Å²) >= 11 is 0. The third-order valence-corrected chi connectivity index (χ3v) is 15.5. The number of nitrogens with zero attached hydrogens (tertiary/aromatic N) is 3. The molecule has 0 aliphatic carbocycles. The van der Waals surface area contributed by atoms with Gasteiger partial charge in [-0.15, -0.1) is 0 Å². The fourth-order valence-corrected chi connectivity index (χ4v) is 10.8. The first-order valence-corrected chi connectivity index (χ1v) is 31.0. The molecule has 2 aliphatic rings. The number of likely N-dealkylation sites (tertiary alicyclic amines) is 1. The van der Waals surface area contributed by atoms with Crippen molar-refractivity contribution in [3.05, 3.63) is 84.1 Å². The van der Waals surface area contributed by atoms with E-state index in [9.17, 15) is 68.1 Å². The number of aromatic nitrogens is 3. The van der Waals surface area contributed by atoms with Crippen molar-refractivity contribution in [2.75, 3.05) is 26.2 Å². The SMILES string of the molecule is CCNC(=O)[C@H]1CCCN1C(=O)C(CCCN=C(N)NC(=O)C(C)O)NC(=O)[C@@H](CC(C)C)NC(=O)[C@H](CC(C)C)NC(=O)[C@@H](Cc1ccc(O)cc1)NC(=O)[C@H](CO)NC(=O)[C@H](Cc1c[nH]c2ccccc12)NC(=O)[C@H](Cc1cnc[nH]1)NC(=O)C1CCC(=O)N1. The molecule has 2 aliphatic heterocycles. The van der Waals surface area contributed by atoms with Gasteiger partial charge in [-0.2, -0.15) is 0 Å². The summed E-state index contributed by atoms with van der Waals surface area (Å²) in [6.45, 7) is 9.70. The second kappa shape index (κ2) is 34.7. The van der Waals surface area contributed by atoms with Crippen LogP contribution in [0, 0.1) is 11.8 Å². The molecule has 0 bridgehead atoms. The fourth-order valence-electron chi connectivity index (χ4n) is 10.8. The van der Waals surface area contributed by atoms with Gasteiger partial charge >= 0.3 is 0 Å². The molecule has 4 aromatic rings. The maximum absolute atomic E-state index is 14.7. The second-order valence-corrected chi connectivity index (χ2v) is 23.9. The summed E-state index contributed by atoms with van der Waals surface area (Å²) in [4.78, 5) is 168. The van der Waals surface area contributed by atoms with Gasteiger partial charge < -0.3 is 83.8 Å². The van der Waals surface area contributed by atoms with Crippen LogP contribution < -0.4 is 58.9 Å². The third-order valence-electron chi connectivity index (χ3n) is 15.5. The van der Waals surface area contributed by atoms with E-state index in [4.69, 9.17) is 5.73 Å². The zero-order valence-corrected chi connectivity index (χ0v) is 52.6. The molecule has 2 aromatic carbocycles. The van der Waals surface area contributed by atoms with Gasteiger partial charge in [0.1, 0.15) is 66.2 Å². The minimum absolute atomic E-state index is 0.00843. The van der Waals surface area contributed by atoms with Crippen LogP contribution in [0.5, 0.6) is 5.75 Å². The number of aliphatic hydroxyl groups is 2. The van der Waals surface area contributed by atoms with Crippen molar-refractivity contribution in [1.29, 1.82) is 0 Å². The van der Waals surface area contributed by atoms with Crippen molar-refractivity contribution in [1.82, 2.24) is 73.0 Å². The van der Waals surface area contributed by atoms with Crippen LogP contribution in [0.25, 0.3) is 10.9 Å². The summed E-state index contributed by atoms with van der Waals surface area (Å²) in [7, 11) is 0. The number of H-pyrrole nitrogens is 2. The number of rotatable bonds is 33. The minimum Gasteiger partial charge on any atom is -0.508 e. The molecule has 10 atom stereocenters. The Bertz CT molecular complexity index is 3240. The van der Waals surface area contributed by atoms with Crippen LogP contribution in [0.4, 0.5) is 0 Å². The molecule has 11 amide bonds. The second-order valence-electron chi connectivity index (χ2n) is 23.9. The van der Waals surface area contributed by atoms with Crippen molar-refractivity contribution in [2.45, 2.75) is 173 Å². The predicted molar refractivity (Wildman–Crippen MR) is 336 cm³/mol. The van der Waals surface area contributed by atoms with Gasteiger partial charge in [0.15, 0.2) is 5.96 Å². The first-order chi connectivity index (χ1) is 43.8. The van der Waals surface area contributed by atoms with Crippen LogP contribution in [-0.2, 0) is 72.0 Å². The minimum atomic E-state index is -1.77.